The van der Waals surface area contributed by atoms with Gasteiger partial charge < -0.3 is 15.4 Å². The van der Waals surface area contributed by atoms with Gasteiger partial charge in [0.25, 0.3) is 11.8 Å². The molecule has 0 aliphatic heterocycles. The van der Waals surface area contributed by atoms with E-state index in [1.807, 2.05) is 72.8 Å². The molecule has 0 radical (unpaired) electrons. The summed E-state index contributed by atoms with van der Waals surface area (Å²) in [6, 6.07) is 30.6. The summed E-state index contributed by atoms with van der Waals surface area (Å²) in [6.45, 7) is 2.19. The van der Waals surface area contributed by atoms with Crippen LogP contribution in [0.4, 0.5) is 5.69 Å². The summed E-state index contributed by atoms with van der Waals surface area (Å²) >= 11 is 0. The lowest BCUT2D eigenvalue weighted by molar-refractivity contribution is -0.122. The van der Waals surface area contributed by atoms with Gasteiger partial charge in [-0.15, -0.1) is 0 Å². The van der Waals surface area contributed by atoms with E-state index >= 15 is 0 Å². The Morgan fingerprint density at radius 2 is 1.52 bits per heavy atom. The van der Waals surface area contributed by atoms with E-state index in [1.165, 1.54) is 0 Å². The van der Waals surface area contributed by atoms with Crippen LogP contribution >= 0.6 is 0 Å². The Morgan fingerprint density at radius 1 is 0.818 bits per heavy atom. The van der Waals surface area contributed by atoms with E-state index < -0.39 is 6.10 Å². The number of benzene rings is 4. The van der Waals surface area contributed by atoms with E-state index in [2.05, 4.69) is 10.6 Å². The van der Waals surface area contributed by atoms with Crippen LogP contribution in [0.2, 0.25) is 0 Å². The molecule has 4 aromatic carbocycles. The van der Waals surface area contributed by atoms with Crippen LogP contribution in [0.15, 0.2) is 97.1 Å². The van der Waals surface area contributed by atoms with Crippen molar-refractivity contribution < 1.29 is 14.3 Å². The molecule has 33 heavy (non-hydrogen) atoms. The highest BCUT2D eigenvalue weighted by Crippen LogP contribution is 2.22. The van der Waals surface area contributed by atoms with E-state index in [4.69, 9.17) is 4.74 Å². The molecule has 1 atom stereocenters. The largest absolute Gasteiger partial charge is 0.481 e. The molecule has 5 nitrogen and oxygen atoms in total. The van der Waals surface area contributed by atoms with Gasteiger partial charge in [0.1, 0.15) is 5.75 Å². The van der Waals surface area contributed by atoms with Crippen LogP contribution in [-0.2, 0) is 11.2 Å². The first kappa shape index (κ1) is 22.1. The molecule has 0 saturated heterocycles. The molecule has 2 amide bonds. The topological polar surface area (TPSA) is 67.4 Å². The molecule has 0 spiro atoms. The maximum absolute atomic E-state index is 12.8. The van der Waals surface area contributed by atoms with Crippen molar-refractivity contribution in [3.8, 4) is 5.75 Å². The van der Waals surface area contributed by atoms with Gasteiger partial charge in [-0.05, 0) is 53.9 Å². The Morgan fingerprint density at radius 3 is 2.33 bits per heavy atom. The third kappa shape index (κ3) is 5.77. The number of hydrogen-bond acceptors (Lipinski definition) is 3. The average molecular weight is 439 g/mol. The van der Waals surface area contributed by atoms with Crippen molar-refractivity contribution in [2.24, 2.45) is 0 Å². The van der Waals surface area contributed by atoms with Crippen molar-refractivity contribution >= 4 is 28.3 Å². The lowest BCUT2D eigenvalue weighted by atomic mass is 10.1. The van der Waals surface area contributed by atoms with Crippen LogP contribution < -0.4 is 15.4 Å². The quantitative estimate of drug-likeness (QED) is 0.396. The van der Waals surface area contributed by atoms with Gasteiger partial charge in [-0.3, -0.25) is 9.59 Å². The first-order valence-corrected chi connectivity index (χ1v) is 11.0. The fraction of sp³-hybridized carbons (Fsp3) is 0.143. The zero-order chi connectivity index (χ0) is 23.0. The number of rotatable bonds is 8. The number of hydrogen-bond donors (Lipinski definition) is 2. The predicted molar refractivity (Wildman–Crippen MR) is 132 cm³/mol. The number of anilines is 1. The van der Waals surface area contributed by atoms with Gasteiger partial charge in [-0.2, -0.15) is 0 Å². The Hall–Kier alpha value is -4.12. The minimum Gasteiger partial charge on any atom is -0.481 e. The second-order valence-corrected chi connectivity index (χ2v) is 7.80. The third-order valence-electron chi connectivity index (χ3n) is 5.37. The van der Waals surface area contributed by atoms with Crippen LogP contribution in [0.5, 0.6) is 5.75 Å². The van der Waals surface area contributed by atoms with E-state index in [9.17, 15) is 9.59 Å². The van der Waals surface area contributed by atoms with Crippen molar-refractivity contribution in [1.82, 2.24) is 5.32 Å². The van der Waals surface area contributed by atoms with Gasteiger partial charge in [0.15, 0.2) is 6.10 Å². The molecule has 2 N–H and O–H groups in total. The van der Waals surface area contributed by atoms with Crippen molar-refractivity contribution in [2.45, 2.75) is 19.4 Å². The summed E-state index contributed by atoms with van der Waals surface area (Å²) < 4.78 is 5.86. The van der Waals surface area contributed by atoms with Crippen molar-refractivity contribution in [1.29, 1.82) is 0 Å². The van der Waals surface area contributed by atoms with E-state index in [0.717, 1.165) is 22.8 Å². The smallest absolute Gasteiger partial charge is 0.265 e. The molecule has 166 valence electrons. The minimum absolute atomic E-state index is 0.232. The molecule has 0 aliphatic carbocycles. The van der Waals surface area contributed by atoms with Crippen molar-refractivity contribution in [3.05, 3.63) is 108 Å². The average Bonchev–Trinajstić information content (AvgIpc) is 2.85. The fourth-order valence-electron chi connectivity index (χ4n) is 3.58. The number of carbonyl (C=O) groups excluding carboxylic acids is 2. The molecular weight excluding hydrogens is 412 g/mol. The van der Waals surface area contributed by atoms with Crippen LogP contribution in [0, 0.1) is 0 Å². The number of para-hydroxylation sites is 1. The number of amides is 2. The third-order valence-corrected chi connectivity index (χ3v) is 5.37. The van der Waals surface area contributed by atoms with Gasteiger partial charge in [-0.1, -0.05) is 72.8 Å². The van der Waals surface area contributed by atoms with Crippen LogP contribution in [0.1, 0.15) is 22.8 Å². The summed E-state index contributed by atoms with van der Waals surface area (Å²) in [4.78, 5) is 25.5. The van der Waals surface area contributed by atoms with Crippen LogP contribution in [0.25, 0.3) is 10.8 Å². The zero-order valence-corrected chi connectivity index (χ0v) is 18.5. The first-order valence-electron chi connectivity index (χ1n) is 11.0. The van der Waals surface area contributed by atoms with Gasteiger partial charge in [0.05, 0.1) is 11.3 Å². The molecule has 0 aliphatic rings. The second-order valence-electron chi connectivity index (χ2n) is 7.80. The van der Waals surface area contributed by atoms with Gasteiger partial charge in [0, 0.05) is 6.54 Å². The molecule has 0 heterocycles. The summed E-state index contributed by atoms with van der Waals surface area (Å²) in [5.41, 5.74) is 2.02. The maximum Gasteiger partial charge on any atom is 0.265 e. The summed E-state index contributed by atoms with van der Waals surface area (Å²) in [6.07, 6.45) is -0.00191. The molecule has 0 aromatic heterocycles. The Bertz CT molecular complexity index is 1250. The lowest BCUT2D eigenvalue weighted by Gasteiger charge is -2.17. The zero-order valence-electron chi connectivity index (χ0n) is 18.5. The van der Waals surface area contributed by atoms with E-state index in [-0.39, 0.29) is 11.8 Å². The fourth-order valence-corrected chi connectivity index (χ4v) is 3.58. The minimum atomic E-state index is -0.736. The monoisotopic (exact) mass is 438 g/mol. The van der Waals surface area contributed by atoms with Gasteiger partial charge in [-0.25, -0.2) is 0 Å². The molecular formula is C28H26N2O3. The molecule has 0 unspecified atom stereocenters. The summed E-state index contributed by atoms with van der Waals surface area (Å²) in [7, 11) is 0. The molecule has 5 heteroatoms. The van der Waals surface area contributed by atoms with Gasteiger partial charge in [0.2, 0.25) is 0 Å². The number of carbonyl (C=O) groups is 2. The SMILES string of the molecule is C[C@@H](Oc1ccc2ccccc2c1)C(=O)Nc1ccccc1C(=O)NCCc1ccccc1. The number of nitrogens with one attached hydrogen (secondary N) is 2. The Labute approximate surface area is 193 Å². The Kier molecular flexibility index (Phi) is 7.00. The summed E-state index contributed by atoms with van der Waals surface area (Å²) in [5.74, 6) is 0.0564. The van der Waals surface area contributed by atoms with Crippen LogP contribution in [-0.4, -0.2) is 24.5 Å². The lowest BCUT2D eigenvalue weighted by Crippen LogP contribution is -2.32. The highest BCUT2D eigenvalue weighted by molar-refractivity contribution is 6.04. The van der Waals surface area contributed by atoms with Crippen LogP contribution in [0.3, 0.4) is 0 Å². The molecule has 4 rings (SSSR count). The highest BCUT2D eigenvalue weighted by Gasteiger charge is 2.18. The van der Waals surface area contributed by atoms with Crippen molar-refractivity contribution in [2.75, 3.05) is 11.9 Å². The standard InChI is InChI=1S/C28H26N2O3/c1-20(33-24-16-15-22-11-5-6-12-23(22)19-24)27(31)30-26-14-8-7-13-25(26)28(32)29-18-17-21-9-3-2-4-10-21/h2-16,19-20H,17-18H2,1H3,(H,29,32)(H,30,31)/t20-/m1/s1. The van der Waals surface area contributed by atoms with Crippen molar-refractivity contribution in [3.63, 3.8) is 0 Å². The second kappa shape index (κ2) is 10.5. The first-order chi connectivity index (χ1) is 16.1. The summed E-state index contributed by atoms with van der Waals surface area (Å²) in [5, 5.41) is 7.91. The van der Waals surface area contributed by atoms with E-state index in [0.29, 0.717) is 23.5 Å². The predicted octanol–water partition coefficient (Wildman–Crippen LogP) is 5.22. The van der Waals surface area contributed by atoms with Gasteiger partial charge >= 0.3 is 0 Å². The molecule has 4 aromatic rings. The maximum atomic E-state index is 12.8. The molecule has 0 fully saturated rings. The molecule has 0 saturated carbocycles. The normalized spacial score (nSPS) is 11.5. The Balaban J connectivity index is 1.37. The van der Waals surface area contributed by atoms with E-state index in [1.54, 1.807) is 31.2 Å². The number of ether oxygens (including phenoxy) is 1. The molecule has 0 bridgehead atoms. The highest BCUT2D eigenvalue weighted by atomic mass is 16.5. The number of fused-ring (bicyclic) bond motifs is 1.